The zero-order valence-electron chi connectivity index (χ0n) is 18.2. The zero-order valence-corrected chi connectivity index (χ0v) is 18.2. The summed E-state index contributed by atoms with van der Waals surface area (Å²) < 4.78 is 40.9. The summed E-state index contributed by atoms with van der Waals surface area (Å²) in [5.41, 5.74) is 0.842. The highest BCUT2D eigenvalue weighted by molar-refractivity contribution is 5.96. The zero-order chi connectivity index (χ0) is 24.0. The molecule has 1 atom stereocenters. The summed E-state index contributed by atoms with van der Waals surface area (Å²) in [5, 5.41) is 12.2. The Morgan fingerprint density at radius 2 is 1.85 bits per heavy atom. The van der Waals surface area contributed by atoms with E-state index in [1.807, 2.05) is 0 Å². The first kappa shape index (κ1) is 21.9. The number of carbonyl (C=O) groups is 1. The third kappa shape index (κ3) is 3.56. The van der Waals surface area contributed by atoms with Crippen LogP contribution < -0.4 is 15.2 Å². The summed E-state index contributed by atoms with van der Waals surface area (Å²) in [6, 6.07) is 8.79. The minimum Gasteiger partial charge on any atom is -0.502 e. The molecule has 10 heteroatoms. The summed E-state index contributed by atoms with van der Waals surface area (Å²) in [6.07, 6.45) is 1.39. The first-order chi connectivity index (χ1) is 16.4. The SMILES string of the molecule is COCCN1CN(C2c3cc(F)ccc3COc3cc(F)ccc32)n2ccc(=O)c(O)c2C1=O. The first-order valence-electron chi connectivity index (χ1n) is 10.6. The molecule has 2 aliphatic rings. The molecule has 1 amide bonds. The van der Waals surface area contributed by atoms with E-state index in [1.54, 1.807) is 17.1 Å². The van der Waals surface area contributed by atoms with Gasteiger partial charge in [-0.2, -0.15) is 0 Å². The molecule has 0 saturated carbocycles. The van der Waals surface area contributed by atoms with Gasteiger partial charge in [0.2, 0.25) is 5.43 Å². The van der Waals surface area contributed by atoms with Crippen molar-refractivity contribution in [1.82, 2.24) is 9.58 Å². The van der Waals surface area contributed by atoms with E-state index in [4.69, 9.17) is 9.47 Å². The molecule has 1 N–H and O–H groups in total. The van der Waals surface area contributed by atoms with Crippen LogP contribution in [0, 0.1) is 11.6 Å². The van der Waals surface area contributed by atoms with E-state index in [9.17, 15) is 23.5 Å². The fourth-order valence-electron chi connectivity index (χ4n) is 4.42. The van der Waals surface area contributed by atoms with Crippen molar-refractivity contribution in [3.63, 3.8) is 0 Å². The van der Waals surface area contributed by atoms with Gasteiger partial charge in [-0.1, -0.05) is 6.07 Å². The average molecular weight is 469 g/mol. The van der Waals surface area contributed by atoms with Gasteiger partial charge >= 0.3 is 0 Å². The van der Waals surface area contributed by atoms with Crippen molar-refractivity contribution in [1.29, 1.82) is 0 Å². The number of methoxy groups -OCH3 is 1. The number of fused-ring (bicyclic) bond motifs is 3. The van der Waals surface area contributed by atoms with Crippen LogP contribution in [0.2, 0.25) is 0 Å². The van der Waals surface area contributed by atoms with E-state index in [-0.39, 0.29) is 37.9 Å². The fraction of sp³-hybridized carbons (Fsp3) is 0.250. The molecular formula is C24H21F2N3O5. The molecule has 0 bridgehead atoms. The topological polar surface area (TPSA) is 84.2 Å². The van der Waals surface area contributed by atoms with Crippen molar-refractivity contribution in [3.05, 3.63) is 92.9 Å². The van der Waals surface area contributed by atoms with Gasteiger partial charge < -0.3 is 19.5 Å². The van der Waals surface area contributed by atoms with Crippen LogP contribution in [0.1, 0.15) is 33.2 Å². The van der Waals surface area contributed by atoms with Gasteiger partial charge in [-0.3, -0.25) is 19.3 Å². The highest BCUT2D eigenvalue weighted by Gasteiger charge is 2.39. The number of carbonyl (C=O) groups excluding carboxylic acids is 1. The van der Waals surface area contributed by atoms with Crippen LogP contribution in [-0.2, 0) is 11.3 Å². The maximum atomic E-state index is 14.4. The second-order valence-electron chi connectivity index (χ2n) is 8.08. The Kier molecular flexibility index (Phi) is 5.45. The molecule has 2 aliphatic heterocycles. The van der Waals surface area contributed by atoms with Crippen molar-refractivity contribution >= 4 is 5.91 Å². The first-order valence-corrected chi connectivity index (χ1v) is 10.6. The van der Waals surface area contributed by atoms with Crippen LogP contribution >= 0.6 is 0 Å². The van der Waals surface area contributed by atoms with Crippen molar-refractivity contribution in [2.24, 2.45) is 0 Å². The lowest BCUT2D eigenvalue weighted by Crippen LogP contribution is -2.56. The second-order valence-corrected chi connectivity index (χ2v) is 8.08. The minimum atomic E-state index is -0.734. The monoisotopic (exact) mass is 469 g/mol. The summed E-state index contributed by atoms with van der Waals surface area (Å²) in [7, 11) is 1.49. The maximum Gasteiger partial charge on any atom is 0.277 e. The lowest BCUT2D eigenvalue weighted by molar-refractivity contribution is 0.0614. The average Bonchev–Trinajstić information content (AvgIpc) is 2.97. The van der Waals surface area contributed by atoms with Crippen molar-refractivity contribution in [3.8, 4) is 11.5 Å². The smallest absolute Gasteiger partial charge is 0.277 e. The fourth-order valence-corrected chi connectivity index (χ4v) is 4.42. The molecule has 0 aliphatic carbocycles. The third-order valence-electron chi connectivity index (χ3n) is 6.06. The van der Waals surface area contributed by atoms with E-state index in [0.29, 0.717) is 16.7 Å². The molecule has 3 heterocycles. The highest BCUT2D eigenvalue weighted by Crippen LogP contribution is 2.41. The van der Waals surface area contributed by atoms with Gasteiger partial charge in [-0.25, -0.2) is 8.78 Å². The Labute approximate surface area is 193 Å². The molecule has 8 nitrogen and oxygen atoms in total. The summed E-state index contributed by atoms with van der Waals surface area (Å²) in [6.45, 7) is 0.516. The Morgan fingerprint density at radius 3 is 2.65 bits per heavy atom. The summed E-state index contributed by atoms with van der Waals surface area (Å²) >= 11 is 0. The number of benzene rings is 2. The van der Waals surface area contributed by atoms with Crippen molar-refractivity contribution in [2.75, 3.05) is 31.9 Å². The Balaban J connectivity index is 1.76. The molecule has 1 unspecified atom stereocenters. The predicted molar refractivity (Wildman–Crippen MR) is 117 cm³/mol. The molecule has 5 rings (SSSR count). The van der Waals surface area contributed by atoms with Crippen LogP contribution in [0.4, 0.5) is 8.78 Å². The number of hydrogen-bond acceptors (Lipinski definition) is 6. The highest BCUT2D eigenvalue weighted by atomic mass is 19.1. The van der Waals surface area contributed by atoms with Gasteiger partial charge in [0.15, 0.2) is 11.4 Å². The van der Waals surface area contributed by atoms with E-state index in [2.05, 4.69) is 0 Å². The lowest BCUT2D eigenvalue weighted by Gasteiger charge is -2.44. The second kappa shape index (κ2) is 8.45. The van der Waals surface area contributed by atoms with Gasteiger partial charge in [-0.05, 0) is 35.4 Å². The molecule has 0 spiro atoms. The summed E-state index contributed by atoms with van der Waals surface area (Å²) in [5.74, 6) is -1.93. The summed E-state index contributed by atoms with van der Waals surface area (Å²) in [4.78, 5) is 26.8. The standard InChI is InChI=1S/C24H21F2N3O5/c1-33-9-8-27-13-29(28-7-6-19(30)23(31)22(28)24(27)32)21-17-5-4-16(26)11-20(17)34-12-14-2-3-15(25)10-18(14)21/h2-7,10-11,21,31H,8-9,12-13H2,1H3. The molecule has 0 saturated heterocycles. The largest absolute Gasteiger partial charge is 0.502 e. The molecular weight excluding hydrogens is 448 g/mol. The molecule has 1 aromatic heterocycles. The Bertz CT molecular complexity index is 1340. The number of ether oxygens (including phenoxy) is 2. The number of amides is 1. The van der Waals surface area contributed by atoms with Gasteiger partial charge in [0.25, 0.3) is 5.91 Å². The van der Waals surface area contributed by atoms with Crippen molar-refractivity contribution in [2.45, 2.75) is 12.6 Å². The van der Waals surface area contributed by atoms with E-state index < -0.39 is 34.8 Å². The molecule has 3 aromatic rings. The lowest BCUT2D eigenvalue weighted by atomic mass is 9.94. The molecule has 34 heavy (non-hydrogen) atoms. The van der Waals surface area contributed by atoms with E-state index in [1.165, 1.54) is 47.1 Å². The van der Waals surface area contributed by atoms with Crippen LogP contribution in [0.15, 0.2) is 53.5 Å². The van der Waals surface area contributed by atoms with Crippen LogP contribution in [0.25, 0.3) is 0 Å². The van der Waals surface area contributed by atoms with Gasteiger partial charge in [-0.15, -0.1) is 0 Å². The number of rotatable bonds is 4. The number of nitrogens with zero attached hydrogens (tertiary/aromatic N) is 3. The number of aromatic nitrogens is 1. The molecule has 2 aromatic carbocycles. The molecule has 0 fully saturated rings. The van der Waals surface area contributed by atoms with E-state index in [0.717, 1.165) is 6.07 Å². The third-order valence-corrected chi connectivity index (χ3v) is 6.06. The van der Waals surface area contributed by atoms with E-state index >= 15 is 0 Å². The van der Waals surface area contributed by atoms with Crippen LogP contribution in [-0.4, -0.2) is 47.5 Å². The van der Waals surface area contributed by atoms with Gasteiger partial charge in [0.1, 0.15) is 36.7 Å². The van der Waals surface area contributed by atoms with Crippen LogP contribution in [0.5, 0.6) is 11.5 Å². The molecule has 176 valence electrons. The maximum absolute atomic E-state index is 14.4. The number of pyridine rings is 1. The Morgan fingerprint density at radius 1 is 1.09 bits per heavy atom. The Hall–Kier alpha value is -3.92. The predicted octanol–water partition coefficient (Wildman–Crippen LogP) is 2.51. The van der Waals surface area contributed by atoms with Crippen LogP contribution in [0.3, 0.4) is 0 Å². The quantitative estimate of drug-likeness (QED) is 0.632. The molecule has 0 radical (unpaired) electrons. The number of halogens is 2. The van der Waals surface area contributed by atoms with Gasteiger partial charge in [0.05, 0.1) is 6.61 Å². The normalized spacial score (nSPS) is 16.9. The number of hydrogen-bond donors (Lipinski definition) is 1. The number of aromatic hydroxyl groups is 1. The van der Waals surface area contributed by atoms with Crippen molar-refractivity contribution < 1.29 is 28.2 Å². The van der Waals surface area contributed by atoms with Gasteiger partial charge in [0, 0.05) is 37.5 Å². The minimum absolute atomic E-state index is 0.0228.